The van der Waals surface area contributed by atoms with Gasteiger partial charge in [0.25, 0.3) is 5.79 Å². The van der Waals surface area contributed by atoms with Gasteiger partial charge in [-0.25, -0.2) is 4.79 Å². The maximum atomic E-state index is 13.8. The van der Waals surface area contributed by atoms with Crippen molar-refractivity contribution in [3.8, 4) is 5.75 Å². The van der Waals surface area contributed by atoms with Crippen molar-refractivity contribution in [2.24, 2.45) is 0 Å². The molecule has 1 aliphatic carbocycles. The molecule has 34 heavy (non-hydrogen) atoms. The van der Waals surface area contributed by atoms with E-state index in [0.29, 0.717) is 11.3 Å². The molecule has 1 heterocycles. The average molecular weight is 467 g/mol. The maximum absolute atomic E-state index is 13.8. The molecule has 180 valence electrons. The van der Waals surface area contributed by atoms with Gasteiger partial charge in [0.05, 0.1) is 0 Å². The van der Waals surface area contributed by atoms with Crippen LogP contribution in [0.3, 0.4) is 0 Å². The average Bonchev–Trinajstić information content (AvgIpc) is 3.09. The Morgan fingerprint density at radius 2 is 1.74 bits per heavy atom. The minimum Gasteiger partial charge on any atom is -0.454 e. The van der Waals surface area contributed by atoms with Crippen LogP contribution in [0.4, 0.5) is 4.79 Å². The molecule has 3 atom stereocenters. The third-order valence-corrected chi connectivity index (χ3v) is 6.16. The lowest BCUT2D eigenvalue weighted by atomic mass is 9.82. The summed E-state index contributed by atoms with van der Waals surface area (Å²) in [4.78, 5) is 39.2. The van der Waals surface area contributed by atoms with Crippen LogP contribution < -0.4 is 15.4 Å². The van der Waals surface area contributed by atoms with E-state index < -0.39 is 40.8 Å². The van der Waals surface area contributed by atoms with Gasteiger partial charge in [-0.05, 0) is 45.2 Å². The molecule has 0 bridgehead atoms. The molecule has 0 spiro atoms. The van der Waals surface area contributed by atoms with Crippen molar-refractivity contribution in [2.75, 3.05) is 0 Å². The highest BCUT2D eigenvalue weighted by Gasteiger charge is 2.71. The molecule has 4 rings (SSSR count). The Morgan fingerprint density at radius 1 is 1.06 bits per heavy atom. The first kappa shape index (κ1) is 23.8. The molecule has 2 aromatic carbocycles. The summed E-state index contributed by atoms with van der Waals surface area (Å²) in [5.41, 5.74) is -0.785. The van der Waals surface area contributed by atoms with Crippen LogP contribution in [0, 0.1) is 0 Å². The van der Waals surface area contributed by atoms with Crippen LogP contribution in [-0.4, -0.2) is 34.5 Å². The SMILES string of the molecule is CC(NC(=O)OC(C)(C)C)C(=O)NC12C(=O)c3ccccc3C1(O)Oc1cc(C(C)C)ccc12. The van der Waals surface area contributed by atoms with E-state index in [1.165, 1.54) is 6.92 Å². The van der Waals surface area contributed by atoms with Gasteiger partial charge in [0.2, 0.25) is 17.2 Å². The number of carbonyl (C=O) groups excluding carboxylic acids is 3. The van der Waals surface area contributed by atoms with Crippen molar-refractivity contribution in [3.63, 3.8) is 0 Å². The van der Waals surface area contributed by atoms with E-state index in [1.807, 2.05) is 19.9 Å². The van der Waals surface area contributed by atoms with Crippen LogP contribution in [-0.2, 0) is 20.9 Å². The van der Waals surface area contributed by atoms with Gasteiger partial charge in [0.15, 0.2) is 0 Å². The summed E-state index contributed by atoms with van der Waals surface area (Å²) in [5.74, 6) is -2.78. The van der Waals surface area contributed by atoms with Gasteiger partial charge in [-0.15, -0.1) is 0 Å². The van der Waals surface area contributed by atoms with Gasteiger partial charge < -0.3 is 25.2 Å². The maximum Gasteiger partial charge on any atom is 0.408 e. The van der Waals surface area contributed by atoms with Crippen molar-refractivity contribution in [1.82, 2.24) is 10.6 Å². The van der Waals surface area contributed by atoms with E-state index in [2.05, 4.69) is 10.6 Å². The summed E-state index contributed by atoms with van der Waals surface area (Å²) in [7, 11) is 0. The number of Topliss-reactive ketones (excluding diaryl/α,β-unsaturated/α-hetero) is 1. The summed E-state index contributed by atoms with van der Waals surface area (Å²) in [6.45, 7) is 10.7. The van der Waals surface area contributed by atoms with Gasteiger partial charge in [-0.1, -0.05) is 50.2 Å². The fourth-order valence-corrected chi connectivity index (χ4v) is 4.47. The second kappa shape index (κ2) is 7.84. The zero-order chi connectivity index (χ0) is 25.1. The van der Waals surface area contributed by atoms with Crippen molar-refractivity contribution < 1.29 is 29.0 Å². The number of aliphatic hydroxyl groups is 1. The number of carbonyl (C=O) groups is 3. The summed E-state index contributed by atoms with van der Waals surface area (Å²) < 4.78 is 11.3. The van der Waals surface area contributed by atoms with Crippen LogP contribution in [0.15, 0.2) is 42.5 Å². The molecule has 0 radical (unpaired) electrons. The predicted octanol–water partition coefficient (Wildman–Crippen LogP) is 3.47. The van der Waals surface area contributed by atoms with Gasteiger partial charge in [0, 0.05) is 16.7 Å². The van der Waals surface area contributed by atoms with Gasteiger partial charge in [0.1, 0.15) is 17.4 Å². The zero-order valence-corrected chi connectivity index (χ0v) is 20.2. The number of nitrogens with one attached hydrogen (secondary N) is 2. The van der Waals surface area contributed by atoms with Crippen molar-refractivity contribution in [1.29, 1.82) is 0 Å². The number of alkyl carbamates (subject to hydrolysis) is 1. The molecule has 0 saturated carbocycles. The highest BCUT2D eigenvalue weighted by Crippen LogP contribution is 2.58. The number of hydrogen-bond donors (Lipinski definition) is 3. The molecule has 0 fully saturated rings. The number of ether oxygens (including phenoxy) is 2. The highest BCUT2D eigenvalue weighted by atomic mass is 16.6. The van der Waals surface area contributed by atoms with Crippen LogP contribution in [0.2, 0.25) is 0 Å². The summed E-state index contributed by atoms with van der Waals surface area (Å²) in [6.07, 6.45) is -0.770. The normalized spacial score (nSPS) is 23.5. The van der Waals surface area contributed by atoms with E-state index in [-0.39, 0.29) is 17.0 Å². The van der Waals surface area contributed by atoms with Crippen molar-refractivity contribution >= 4 is 17.8 Å². The second-order valence-electron chi connectivity index (χ2n) is 10.1. The van der Waals surface area contributed by atoms with Crippen LogP contribution in [0.5, 0.6) is 5.75 Å². The first-order valence-electron chi connectivity index (χ1n) is 11.3. The number of rotatable bonds is 4. The van der Waals surface area contributed by atoms with E-state index in [1.54, 1.807) is 57.2 Å². The molecule has 3 N–H and O–H groups in total. The topological polar surface area (TPSA) is 114 Å². The minimum atomic E-state index is -2.14. The van der Waals surface area contributed by atoms with Gasteiger partial charge in [-0.2, -0.15) is 0 Å². The lowest BCUT2D eigenvalue weighted by Crippen LogP contribution is -2.62. The summed E-state index contributed by atoms with van der Waals surface area (Å²) in [6, 6.07) is 10.9. The van der Waals surface area contributed by atoms with Crippen LogP contribution >= 0.6 is 0 Å². The highest BCUT2D eigenvalue weighted by molar-refractivity contribution is 6.12. The summed E-state index contributed by atoms with van der Waals surface area (Å²) in [5, 5.41) is 17.1. The predicted molar refractivity (Wildman–Crippen MR) is 124 cm³/mol. The Balaban J connectivity index is 1.74. The zero-order valence-electron chi connectivity index (χ0n) is 20.2. The Hall–Kier alpha value is -3.39. The molecular formula is C26H30N2O6. The van der Waals surface area contributed by atoms with Crippen LogP contribution in [0.25, 0.3) is 0 Å². The Labute approximate surface area is 198 Å². The number of fused-ring (bicyclic) bond motifs is 5. The van der Waals surface area contributed by atoms with Gasteiger partial charge >= 0.3 is 6.09 Å². The summed E-state index contributed by atoms with van der Waals surface area (Å²) >= 11 is 0. The molecule has 1 aliphatic heterocycles. The van der Waals surface area contributed by atoms with E-state index >= 15 is 0 Å². The molecular weight excluding hydrogens is 436 g/mol. The van der Waals surface area contributed by atoms with Gasteiger partial charge in [-0.3, -0.25) is 9.59 Å². The first-order valence-corrected chi connectivity index (χ1v) is 11.3. The number of benzene rings is 2. The molecule has 8 heteroatoms. The van der Waals surface area contributed by atoms with E-state index in [4.69, 9.17) is 9.47 Å². The number of ketones is 1. The molecule has 8 nitrogen and oxygen atoms in total. The third-order valence-electron chi connectivity index (χ3n) is 6.16. The molecule has 0 saturated heterocycles. The fourth-order valence-electron chi connectivity index (χ4n) is 4.47. The smallest absolute Gasteiger partial charge is 0.408 e. The molecule has 3 unspecified atom stereocenters. The lowest BCUT2D eigenvalue weighted by molar-refractivity contribution is -0.175. The van der Waals surface area contributed by atoms with Crippen LogP contribution in [0.1, 0.15) is 74.5 Å². The van der Waals surface area contributed by atoms with Crippen molar-refractivity contribution in [3.05, 3.63) is 64.7 Å². The van der Waals surface area contributed by atoms with E-state index in [0.717, 1.165) is 5.56 Å². The molecule has 2 aromatic rings. The molecule has 2 amide bonds. The quantitative estimate of drug-likeness (QED) is 0.636. The molecule has 2 aliphatic rings. The first-order chi connectivity index (χ1) is 15.8. The largest absolute Gasteiger partial charge is 0.454 e. The Kier molecular flexibility index (Phi) is 5.48. The monoisotopic (exact) mass is 466 g/mol. The number of amides is 2. The Bertz CT molecular complexity index is 1180. The third kappa shape index (κ3) is 3.53. The van der Waals surface area contributed by atoms with E-state index in [9.17, 15) is 19.5 Å². The lowest BCUT2D eigenvalue weighted by Gasteiger charge is -2.35. The van der Waals surface area contributed by atoms with Crippen molar-refractivity contribution in [2.45, 2.75) is 70.4 Å². The minimum absolute atomic E-state index is 0.190. The number of hydrogen-bond acceptors (Lipinski definition) is 6. The Morgan fingerprint density at radius 3 is 2.38 bits per heavy atom. The molecule has 0 aromatic heterocycles. The second-order valence-corrected chi connectivity index (χ2v) is 10.1. The fraction of sp³-hybridized carbons (Fsp3) is 0.423. The standard InChI is InChI=1S/C26H30N2O6/c1-14(2)16-11-12-19-20(13-16)33-26(32)18-10-8-7-9-17(18)21(29)25(19,26)28-22(30)15(3)27-23(31)34-24(4,5)6/h7-15,32H,1-6H3,(H,27,31)(H,28,30).